The van der Waals surface area contributed by atoms with Crippen LogP contribution in [0, 0.1) is 11.6 Å². The van der Waals surface area contributed by atoms with E-state index in [4.69, 9.17) is 10.5 Å². The molecule has 0 fully saturated rings. The maximum atomic E-state index is 13.9. The molecule has 146 valence electrons. The number of unbranched alkanes of at least 4 members (excludes halogenated alkanes) is 1. The Morgan fingerprint density at radius 1 is 1.00 bits per heavy atom. The first-order valence-corrected chi connectivity index (χ1v) is 8.89. The number of anilines is 5. The molecule has 3 rings (SSSR count). The predicted molar refractivity (Wildman–Crippen MR) is 106 cm³/mol. The lowest BCUT2D eigenvalue weighted by atomic mass is 10.2. The molecule has 0 aliphatic carbocycles. The maximum absolute atomic E-state index is 13.9. The van der Waals surface area contributed by atoms with E-state index >= 15 is 0 Å². The Kier molecular flexibility index (Phi) is 6.21. The van der Waals surface area contributed by atoms with Gasteiger partial charge in [-0.15, -0.1) is 0 Å². The van der Waals surface area contributed by atoms with Crippen LogP contribution in [0.1, 0.15) is 19.8 Å². The number of nitrogens with zero attached hydrogens (tertiary/aromatic N) is 2. The van der Waals surface area contributed by atoms with Crippen molar-refractivity contribution < 1.29 is 13.5 Å². The summed E-state index contributed by atoms with van der Waals surface area (Å²) in [5.41, 5.74) is 7.12. The number of hydrogen-bond acceptors (Lipinski definition) is 6. The first kappa shape index (κ1) is 19.3. The number of benzene rings is 2. The van der Waals surface area contributed by atoms with Gasteiger partial charge in [0, 0.05) is 11.8 Å². The van der Waals surface area contributed by atoms with Crippen molar-refractivity contribution in [2.45, 2.75) is 19.8 Å². The van der Waals surface area contributed by atoms with E-state index in [1.807, 2.05) is 24.3 Å². The van der Waals surface area contributed by atoms with Crippen LogP contribution in [-0.2, 0) is 0 Å². The molecule has 6 nitrogen and oxygen atoms in total. The fourth-order valence-electron chi connectivity index (χ4n) is 2.42. The van der Waals surface area contributed by atoms with Gasteiger partial charge in [-0.1, -0.05) is 13.3 Å². The van der Waals surface area contributed by atoms with Gasteiger partial charge in [0.05, 0.1) is 12.3 Å². The number of halogens is 2. The molecule has 1 aromatic heterocycles. The average Bonchev–Trinajstić information content (AvgIpc) is 2.68. The summed E-state index contributed by atoms with van der Waals surface area (Å²) in [6.07, 6.45) is 3.37. The van der Waals surface area contributed by atoms with Gasteiger partial charge in [-0.05, 0) is 42.8 Å². The van der Waals surface area contributed by atoms with E-state index in [9.17, 15) is 8.78 Å². The van der Waals surface area contributed by atoms with Crippen LogP contribution in [0.4, 0.5) is 37.5 Å². The summed E-state index contributed by atoms with van der Waals surface area (Å²) in [5, 5.41) is 5.85. The van der Waals surface area contributed by atoms with Gasteiger partial charge < -0.3 is 21.1 Å². The van der Waals surface area contributed by atoms with E-state index in [-0.39, 0.29) is 17.2 Å². The van der Waals surface area contributed by atoms with Gasteiger partial charge in [0.25, 0.3) is 0 Å². The largest absolute Gasteiger partial charge is 0.494 e. The molecule has 0 bridgehead atoms. The number of hydrogen-bond donors (Lipinski definition) is 3. The van der Waals surface area contributed by atoms with Crippen molar-refractivity contribution in [3.8, 4) is 5.75 Å². The zero-order valence-corrected chi connectivity index (χ0v) is 15.4. The van der Waals surface area contributed by atoms with Crippen LogP contribution >= 0.6 is 0 Å². The van der Waals surface area contributed by atoms with E-state index < -0.39 is 11.6 Å². The molecular weight excluding hydrogens is 364 g/mol. The van der Waals surface area contributed by atoms with Crippen LogP contribution < -0.4 is 21.1 Å². The Morgan fingerprint density at radius 2 is 1.71 bits per heavy atom. The highest BCUT2D eigenvalue weighted by Gasteiger charge is 2.11. The monoisotopic (exact) mass is 385 g/mol. The second-order valence-electron chi connectivity index (χ2n) is 6.09. The molecule has 3 aromatic rings. The number of nitrogen functional groups attached to an aromatic ring is 1. The molecule has 0 amide bonds. The SMILES string of the molecule is CCCCOc1ccc(Nc2ncnc(Nc3ccc(F)cc3F)c2N)cc1. The maximum Gasteiger partial charge on any atom is 0.159 e. The third kappa shape index (κ3) is 4.85. The first-order valence-electron chi connectivity index (χ1n) is 8.89. The summed E-state index contributed by atoms with van der Waals surface area (Å²) < 4.78 is 32.5. The van der Waals surface area contributed by atoms with E-state index in [0.717, 1.165) is 36.4 Å². The third-order valence-electron chi connectivity index (χ3n) is 3.95. The molecule has 0 aliphatic rings. The van der Waals surface area contributed by atoms with Gasteiger partial charge in [0.2, 0.25) is 0 Å². The minimum atomic E-state index is -0.744. The van der Waals surface area contributed by atoms with Crippen LogP contribution in [-0.4, -0.2) is 16.6 Å². The van der Waals surface area contributed by atoms with Crippen LogP contribution in [0.2, 0.25) is 0 Å². The molecule has 0 unspecified atom stereocenters. The minimum Gasteiger partial charge on any atom is -0.494 e. The standard InChI is InChI=1S/C20H21F2N5O/c1-2-3-10-28-15-7-5-14(6-8-15)26-19-18(23)20(25-12-24-19)27-17-9-4-13(21)11-16(17)22/h4-9,11-12H,2-3,10,23H2,1H3,(H2,24,25,26,27). The molecule has 0 spiro atoms. The fraction of sp³-hybridized carbons (Fsp3) is 0.200. The summed E-state index contributed by atoms with van der Waals surface area (Å²) in [7, 11) is 0. The molecule has 4 N–H and O–H groups in total. The van der Waals surface area contributed by atoms with Crippen molar-refractivity contribution in [1.82, 2.24) is 9.97 Å². The molecule has 0 atom stereocenters. The van der Waals surface area contributed by atoms with E-state index in [1.165, 1.54) is 12.4 Å². The van der Waals surface area contributed by atoms with Crippen molar-refractivity contribution in [1.29, 1.82) is 0 Å². The number of aromatic nitrogens is 2. The summed E-state index contributed by atoms with van der Waals surface area (Å²) in [5.74, 6) is -0.0552. The highest BCUT2D eigenvalue weighted by molar-refractivity contribution is 5.80. The number of nitrogens with one attached hydrogen (secondary N) is 2. The lowest BCUT2D eigenvalue weighted by Crippen LogP contribution is -2.06. The van der Waals surface area contributed by atoms with Crippen molar-refractivity contribution in [3.05, 3.63) is 60.4 Å². The van der Waals surface area contributed by atoms with E-state index in [1.54, 1.807) is 0 Å². The van der Waals surface area contributed by atoms with Gasteiger partial charge in [-0.25, -0.2) is 18.7 Å². The Bertz CT molecular complexity index is 934. The van der Waals surface area contributed by atoms with Crippen molar-refractivity contribution in [2.24, 2.45) is 0 Å². The zero-order chi connectivity index (χ0) is 19.9. The van der Waals surface area contributed by atoms with E-state index in [2.05, 4.69) is 27.5 Å². The van der Waals surface area contributed by atoms with Crippen LogP contribution in [0.3, 0.4) is 0 Å². The van der Waals surface area contributed by atoms with Crippen LogP contribution in [0.25, 0.3) is 0 Å². The summed E-state index contributed by atoms with van der Waals surface area (Å²) in [6, 6.07) is 10.6. The Balaban J connectivity index is 1.72. The molecule has 8 heteroatoms. The Labute approximate surface area is 161 Å². The molecule has 0 aliphatic heterocycles. The topological polar surface area (TPSA) is 85.1 Å². The lowest BCUT2D eigenvalue weighted by Gasteiger charge is -2.13. The van der Waals surface area contributed by atoms with Crippen LogP contribution in [0.5, 0.6) is 5.75 Å². The first-order chi connectivity index (χ1) is 13.6. The summed E-state index contributed by atoms with van der Waals surface area (Å²) in [6.45, 7) is 2.78. The summed E-state index contributed by atoms with van der Waals surface area (Å²) in [4.78, 5) is 8.15. The van der Waals surface area contributed by atoms with Crippen molar-refractivity contribution in [2.75, 3.05) is 23.0 Å². The van der Waals surface area contributed by atoms with Crippen LogP contribution in [0.15, 0.2) is 48.8 Å². The third-order valence-corrected chi connectivity index (χ3v) is 3.95. The quantitative estimate of drug-likeness (QED) is 0.473. The minimum absolute atomic E-state index is 0.0614. The summed E-state index contributed by atoms with van der Waals surface area (Å²) >= 11 is 0. The molecule has 0 radical (unpaired) electrons. The second-order valence-corrected chi connectivity index (χ2v) is 6.09. The molecular formula is C20H21F2N5O. The molecule has 0 saturated heterocycles. The van der Waals surface area contributed by atoms with E-state index in [0.29, 0.717) is 12.4 Å². The van der Waals surface area contributed by atoms with Crippen molar-refractivity contribution >= 4 is 28.7 Å². The molecule has 1 heterocycles. The molecule has 28 heavy (non-hydrogen) atoms. The Morgan fingerprint density at radius 3 is 2.39 bits per heavy atom. The number of ether oxygens (including phenoxy) is 1. The Hall–Kier alpha value is -3.42. The van der Waals surface area contributed by atoms with Gasteiger partial charge >= 0.3 is 0 Å². The lowest BCUT2D eigenvalue weighted by molar-refractivity contribution is 0.309. The highest BCUT2D eigenvalue weighted by Crippen LogP contribution is 2.29. The fourth-order valence-corrected chi connectivity index (χ4v) is 2.42. The second kappa shape index (κ2) is 8.98. The number of nitrogens with two attached hydrogens (primary N) is 1. The van der Waals surface area contributed by atoms with Crippen molar-refractivity contribution in [3.63, 3.8) is 0 Å². The normalized spacial score (nSPS) is 10.5. The average molecular weight is 385 g/mol. The smallest absolute Gasteiger partial charge is 0.159 e. The van der Waals surface area contributed by atoms with Gasteiger partial charge in [0.1, 0.15) is 29.4 Å². The highest BCUT2D eigenvalue weighted by atomic mass is 19.1. The van der Waals surface area contributed by atoms with Gasteiger partial charge in [-0.2, -0.15) is 0 Å². The molecule has 2 aromatic carbocycles. The van der Waals surface area contributed by atoms with Gasteiger partial charge in [-0.3, -0.25) is 0 Å². The number of rotatable bonds is 8. The molecule has 0 saturated carbocycles. The zero-order valence-electron chi connectivity index (χ0n) is 15.4. The van der Waals surface area contributed by atoms with Gasteiger partial charge in [0.15, 0.2) is 11.6 Å². The predicted octanol–water partition coefficient (Wildman–Crippen LogP) is 5.00.